The second-order valence-electron chi connectivity index (χ2n) is 5.24. The second-order valence-corrected chi connectivity index (χ2v) is 5.24. The van der Waals surface area contributed by atoms with Gasteiger partial charge >= 0.3 is 0 Å². The first kappa shape index (κ1) is 14.9. The summed E-state index contributed by atoms with van der Waals surface area (Å²) < 4.78 is 0. The molecule has 2 aromatic carbocycles. The summed E-state index contributed by atoms with van der Waals surface area (Å²) in [5.41, 5.74) is 9.42. The lowest BCUT2D eigenvalue weighted by Gasteiger charge is -2.23. The van der Waals surface area contributed by atoms with Gasteiger partial charge in [0.1, 0.15) is 0 Å². The highest BCUT2D eigenvalue weighted by atomic mass is 16.2. The number of aryl methyl sites for hydroxylation is 1. The Bertz CT molecular complexity index is 605. The maximum Gasteiger partial charge on any atom is 0.246 e. The zero-order chi connectivity index (χ0) is 15.4. The Kier molecular flexibility index (Phi) is 4.48. The van der Waals surface area contributed by atoms with Crippen LogP contribution in [0.2, 0.25) is 0 Å². The number of carbonyl (C=O) groups excluding carboxylic acids is 1. The molecule has 0 saturated carbocycles. The quantitative estimate of drug-likeness (QED) is 0.878. The van der Waals surface area contributed by atoms with Gasteiger partial charge < -0.3 is 15.5 Å². The van der Waals surface area contributed by atoms with Crippen LogP contribution in [0.3, 0.4) is 0 Å². The maximum absolute atomic E-state index is 12.3. The lowest BCUT2D eigenvalue weighted by atomic mass is 10.2. The molecule has 2 N–H and O–H groups in total. The third kappa shape index (κ3) is 3.75. The molecule has 110 valence electrons. The van der Waals surface area contributed by atoms with Crippen molar-refractivity contribution in [3.05, 3.63) is 54.1 Å². The van der Waals surface area contributed by atoms with E-state index in [1.54, 1.807) is 24.1 Å². The smallest absolute Gasteiger partial charge is 0.246 e. The van der Waals surface area contributed by atoms with Gasteiger partial charge in [-0.3, -0.25) is 4.79 Å². The molecule has 2 aromatic rings. The third-order valence-electron chi connectivity index (χ3n) is 3.50. The zero-order valence-corrected chi connectivity index (χ0v) is 12.7. The van der Waals surface area contributed by atoms with Crippen LogP contribution in [0, 0.1) is 6.92 Å². The molecule has 0 bridgehead atoms. The fourth-order valence-electron chi connectivity index (χ4n) is 2.04. The van der Waals surface area contributed by atoms with Crippen LogP contribution in [-0.2, 0) is 4.79 Å². The Morgan fingerprint density at radius 3 is 2.05 bits per heavy atom. The molecule has 4 nitrogen and oxygen atoms in total. The summed E-state index contributed by atoms with van der Waals surface area (Å²) in [6, 6.07) is 15.4. The van der Waals surface area contributed by atoms with E-state index in [0.717, 1.165) is 11.4 Å². The number of nitrogens with two attached hydrogens (primary N) is 1. The summed E-state index contributed by atoms with van der Waals surface area (Å²) in [6.45, 7) is 2.37. The number of hydrogen-bond acceptors (Lipinski definition) is 3. The first-order valence-corrected chi connectivity index (χ1v) is 6.87. The van der Waals surface area contributed by atoms with Crippen LogP contribution < -0.4 is 15.5 Å². The van der Waals surface area contributed by atoms with E-state index in [0.29, 0.717) is 12.2 Å². The fourth-order valence-corrected chi connectivity index (χ4v) is 2.04. The van der Waals surface area contributed by atoms with E-state index in [4.69, 9.17) is 5.73 Å². The van der Waals surface area contributed by atoms with Crippen molar-refractivity contribution in [2.75, 3.05) is 36.2 Å². The molecule has 0 aliphatic heterocycles. The summed E-state index contributed by atoms with van der Waals surface area (Å²) in [5.74, 6) is 0.0304. The average Bonchev–Trinajstić information content (AvgIpc) is 2.47. The van der Waals surface area contributed by atoms with Gasteiger partial charge in [-0.1, -0.05) is 17.7 Å². The molecule has 0 fully saturated rings. The minimum atomic E-state index is 0.0304. The summed E-state index contributed by atoms with van der Waals surface area (Å²) in [5, 5.41) is 0. The van der Waals surface area contributed by atoms with Crippen LogP contribution in [-0.4, -0.2) is 26.5 Å². The van der Waals surface area contributed by atoms with Crippen LogP contribution in [0.15, 0.2) is 48.5 Å². The monoisotopic (exact) mass is 283 g/mol. The average molecular weight is 283 g/mol. The molecule has 0 aromatic heterocycles. The Labute approximate surface area is 125 Å². The van der Waals surface area contributed by atoms with E-state index in [1.165, 1.54) is 5.56 Å². The Balaban J connectivity index is 2.03. The number of carbonyl (C=O) groups is 1. The predicted molar refractivity (Wildman–Crippen MR) is 88.7 cm³/mol. The molecular formula is C17H21N3O. The topological polar surface area (TPSA) is 49.6 Å². The van der Waals surface area contributed by atoms with Gasteiger partial charge in [-0.2, -0.15) is 0 Å². The van der Waals surface area contributed by atoms with Crippen molar-refractivity contribution >= 4 is 23.0 Å². The minimum absolute atomic E-state index is 0.0304. The molecule has 2 rings (SSSR count). The highest BCUT2D eigenvalue weighted by Gasteiger charge is 2.13. The molecule has 4 heteroatoms. The first-order valence-electron chi connectivity index (χ1n) is 6.87. The minimum Gasteiger partial charge on any atom is -0.399 e. The molecule has 1 amide bonds. The highest BCUT2D eigenvalue weighted by Crippen LogP contribution is 2.17. The highest BCUT2D eigenvalue weighted by molar-refractivity contribution is 5.96. The van der Waals surface area contributed by atoms with Gasteiger partial charge in [0.05, 0.1) is 6.54 Å². The number of nitrogens with zero attached hydrogens (tertiary/aromatic N) is 2. The number of anilines is 3. The maximum atomic E-state index is 12.3. The summed E-state index contributed by atoms with van der Waals surface area (Å²) in [6.07, 6.45) is 0. The van der Waals surface area contributed by atoms with Gasteiger partial charge in [0.15, 0.2) is 0 Å². The Hall–Kier alpha value is -2.49. The molecule has 0 spiro atoms. The number of nitrogen functional groups attached to an aromatic ring is 1. The second kappa shape index (κ2) is 6.31. The van der Waals surface area contributed by atoms with Crippen LogP contribution in [0.5, 0.6) is 0 Å². The van der Waals surface area contributed by atoms with Crippen molar-refractivity contribution in [1.29, 1.82) is 0 Å². The summed E-state index contributed by atoms with van der Waals surface area (Å²) >= 11 is 0. The van der Waals surface area contributed by atoms with Gasteiger partial charge in [0, 0.05) is 31.2 Å². The SMILES string of the molecule is Cc1ccc(N(C)CC(=O)N(C)c2ccc(N)cc2)cc1. The predicted octanol–water partition coefficient (Wildman–Crippen LogP) is 2.68. The standard InChI is InChI=1S/C17H21N3O/c1-13-4-8-15(9-5-13)19(2)12-17(21)20(3)16-10-6-14(18)7-11-16/h4-11H,12,18H2,1-3H3. The van der Waals surface area contributed by atoms with E-state index in [9.17, 15) is 4.79 Å². The first-order chi connectivity index (χ1) is 9.97. The van der Waals surface area contributed by atoms with Gasteiger partial charge in [-0.05, 0) is 43.3 Å². The third-order valence-corrected chi connectivity index (χ3v) is 3.50. The molecule has 0 radical (unpaired) electrons. The van der Waals surface area contributed by atoms with Crippen molar-refractivity contribution in [3.63, 3.8) is 0 Å². The van der Waals surface area contributed by atoms with E-state index in [2.05, 4.69) is 0 Å². The number of benzene rings is 2. The molecule has 0 atom stereocenters. The van der Waals surface area contributed by atoms with Crippen molar-refractivity contribution in [2.45, 2.75) is 6.92 Å². The lowest BCUT2D eigenvalue weighted by molar-refractivity contribution is -0.117. The van der Waals surface area contributed by atoms with Gasteiger partial charge in [0.25, 0.3) is 0 Å². The lowest BCUT2D eigenvalue weighted by Crippen LogP contribution is -2.36. The van der Waals surface area contributed by atoms with E-state index in [-0.39, 0.29) is 5.91 Å². The normalized spacial score (nSPS) is 10.2. The molecular weight excluding hydrogens is 262 g/mol. The molecule has 0 unspecified atom stereocenters. The van der Waals surface area contributed by atoms with Crippen LogP contribution in [0.4, 0.5) is 17.1 Å². The zero-order valence-electron chi connectivity index (χ0n) is 12.7. The molecule has 0 saturated heterocycles. The summed E-state index contributed by atoms with van der Waals surface area (Å²) in [7, 11) is 3.69. The van der Waals surface area contributed by atoms with Crippen LogP contribution in [0.1, 0.15) is 5.56 Å². The molecule has 21 heavy (non-hydrogen) atoms. The van der Waals surface area contributed by atoms with E-state index < -0.39 is 0 Å². The summed E-state index contributed by atoms with van der Waals surface area (Å²) in [4.78, 5) is 15.9. The fraction of sp³-hybridized carbons (Fsp3) is 0.235. The van der Waals surface area contributed by atoms with Crippen LogP contribution in [0.25, 0.3) is 0 Å². The van der Waals surface area contributed by atoms with Crippen molar-refractivity contribution in [1.82, 2.24) is 0 Å². The van der Waals surface area contributed by atoms with Gasteiger partial charge in [0.2, 0.25) is 5.91 Å². The number of likely N-dealkylation sites (N-methyl/N-ethyl adjacent to an activating group) is 2. The van der Waals surface area contributed by atoms with Crippen molar-refractivity contribution < 1.29 is 4.79 Å². The van der Waals surface area contributed by atoms with Gasteiger partial charge in [-0.15, -0.1) is 0 Å². The molecule has 0 heterocycles. The molecule has 0 aliphatic carbocycles. The van der Waals surface area contributed by atoms with E-state index >= 15 is 0 Å². The largest absolute Gasteiger partial charge is 0.399 e. The Morgan fingerprint density at radius 1 is 0.952 bits per heavy atom. The van der Waals surface area contributed by atoms with E-state index in [1.807, 2.05) is 55.3 Å². The van der Waals surface area contributed by atoms with Crippen molar-refractivity contribution in [3.8, 4) is 0 Å². The number of amides is 1. The van der Waals surface area contributed by atoms with Gasteiger partial charge in [-0.25, -0.2) is 0 Å². The number of rotatable bonds is 4. The molecule has 0 aliphatic rings. The van der Waals surface area contributed by atoms with Crippen molar-refractivity contribution in [2.24, 2.45) is 0 Å². The van der Waals surface area contributed by atoms with Crippen LogP contribution >= 0.6 is 0 Å². The Morgan fingerprint density at radius 2 is 1.48 bits per heavy atom. The number of hydrogen-bond donors (Lipinski definition) is 1.